The van der Waals surface area contributed by atoms with Crippen LogP contribution in [0.2, 0.25) is 0 Å². The van der Waals surface area contributed by atoms with Gasteiger partial charge in [-0.3, -0.25) is 29.9 Å². The van der Waals surface area contributed by atoms with E-state index in [2.05, 4.69) is 22.5 Å². The van der Waals surface area contributed by atoms with Gasteiger partial charge < -0.3 is 20.7 Å². The van der Waals surface area contributed by atoms with E-state index < -0.39 is 16.1 Å². The van der Waals surface area contributed by atoms with Crippen molar-refractivity contribution in [2.24, 2.45) is 16.1 Å². The molecular weight excluding hydrogens is 620 g/mol. The van der Waals surface area contributed by atoms with Crippen molar-refractivity contribution in [3.8, 4) is 5.75 Å². The molecule has 0 unspecified atom stereocenters. The number of carbonyl (C=O) groups excluding carboxylic acids is 1. The molecule has 0 saturated carbocycles. The van der Waals surface area contributed by atoms with Gasteiger partial charge in [-0.1, -0.05) is 45.0 Å². The molecule has 1 aromatic heterocycles. The predicted molar refractivity (Wildman–Crippen MR) is 182 cm³/mol. The lowest BCUT2D eigenvalue weighted by Gasteiger charge is -2.36. The van der Waals surface area contributed by atoms with Crippen LogP contribution in [0.25, 0.3) is 0 Å². The molecule has 2 aliphatic rings. The fourth-order valence-corrected chi connectivity index (χ4v) is 5.99. The van der Waals surface area contributed by atoms with Crippen molar-refractivity contribution in [3.63, 3.8) is 0 Å². The monoisotopic (exact) mass is 668 g/mol. The fourth-order valence-electron chi connectivity index (χ4n) is 5.61. The molecule has 0 spiro atoms. The molecule has 0 bridgehead atoms. The van der Waals surface area contributed by atoms with Crippen LogP contribution in [0.5, 0.6) is 5.75 Å². The Morgan fingerprint density at radius 3 is 2.53 bits per heavy atom. The van der Waals surface area contributed by atoms with Crippen molar-refractivity contribution in [1.29, 1.82) is 10.8 Å². The molecule has 2 heterocycles. The maximum Gasteiger partial charge on any atom is 0.320 e. The number of urea groups is 1. The average Bonchev–Trinajstić information content (AvgIpc) is 3.00. The first-order valence-electron chi connectivity index (χ1n) is 15.9. The number of aliphatic imine (C=N–C) groups is 1. The normalized spacial score (nSPS) is 20.7. The number of hydrogen-bond donors (Lipinski definition) is 5. The van der Waals surface area contributed by atoms with Crippen LogP contribution in [0.1, 0.15) is 83.1 Å². The van der Waals surface area contributed by atoms with Gasteiger partial charge in [-0.25, -0.2) is 4.79 Å². The summed E-state index contributed by atoms with van der Waals surface area (Å²) in [4.78, 5) is 19.6. The first kappa shape index (κ1) is 35.7. The summed E-state index contributed by atoms with van der Waals surface area (Å²) in [5.74, 6) is 1.02. The number of hydrogen-bond acceptors (Lipinski definition) is 9. The van der Waals surface area contributed by atoms with Gasteiger partial charge in [0, 0.05) is 23.7 Å². The number of pyridine rings is 1. The molecule has 3 atom stereocenters. The molecule has 2 aromatic rings. The number of nitrogens with two attached hydrogens (primary N) is 1. The number of likely N-dealkylation sites (tertiary alicyclic amines) is 1. The number of benzene rings is 1. The number of nitrogens with zero attached hydrogens (tertiary/aromatic N) is 3. The topological polar surface area (TPSA) is 188 Å². The minimum atomic E-state index is -3.62. The Kier molecular flexibility index (Phi) is 11.5. The second-order valence-electron chi connectivity index (χ2n) is 13.1. The summed E-state index contributed by atoms with van der Waals surface area (Å²) in [6.45, 7) is 8.53. The lowest BCUT2D eigenvalue weighted by Crippen LogP contribution is -2.47. The third kappa shape index (κ3) is 9.91. The summed E-state index contributed by atoms with van der Waals surface area (Å²) in [7, 11) is -3.62. The maximum atomic E-state index is 13.2. The summed E-state index contributed by atoms with van der Waals surface area (Å²) in [6.07, 6.45) is 8.36. The lowest BCUT2D eigenvalue weighted by atomic mass is 9.85. The molecular formula is C33H48N8O5S. The Morgan fingerprint density at radius 2 is 1.85 bits per heavy atom. The third-order valence-corrected chi connectivity index (χ3v) is 8.91. The molecule has 1 fully saturated rings. The number of amides is 2. The minimum Gasteiger partial charge on any atom is -0.484 e. The van der Waals surface area contributed by atoms with Gasteiger partial charge in [-0.2, -0.15) is 8.42 Å². The summed E-state index contributed by atoms with van der Waals surface area (Å²) in [6, 6.07) is 10.6. The zero-order chi connectivity index (χ0) is 34.4. The zero-order valence-electron chi connectivity index (χ0n) is 27.9. The molecule has 0 radical (unpaired) electrons. The molecule has 13 nitrogen and oxygen atoms in total. The molecule has 1 aliphatic heterocycles. The van der Waals surface area contributed by atoms with Crippen LogP contribution in [0, 0.1) is 16.2 Å². The smallest absolute Gasteiger partial charge is 0.320 e. The van der Waals surface area contributed by atoms with E-state index in [4.69, 9.17) is 25.5 Å². The summed E-state index contributed by atoms with van der Waals surface area (Å²) in [5, 5.41) is 23.1. The summed E-state index contributed by atoms with van der Waals surface area (Å²) in [5.41, 5.74) is 8.42. The van der Waals surface area contributed by atoms with Gasteiger partial charge in [-0.15, -0.1) is 0 Å². The van der Waals surface area contributed by atoms with E-state index in [1.165, 1.54) is 0 Å². The first-order valence-corrected chi connectivity index (χ1v) is 17.8. The fraction of sp³-hybridized carbons (Fsp3) is 0.515. The molecule has 4 rings (SSSR count). The standard InChI is InChI=1S/C33H48N8O5S/c1-22-10-8-9-18-40(22)31(36)41-21-23(13-16-29(41)35)46-27-15-14-26(24-11-6-7-12-25(24)27)38-32(42)39-30(20-28(34)33(2,3)4)37-17-19-45-47(5,43)44/h6-7,11-13,16,20-22,26-27,35-36H,8-10,14-15,17-19,34H2,1-5H3,(H2,37,38,39,42)/t22-,26-,27+/m0/s1. The number of aromatic nitrogens is 1. The van der Waals surface area contributed by atoms with Crippen molar-refractivity contribution in [3.05, 3.63) is 71.0 Å². The molecule has 256 valence electrons. The van der Waals surface area contributed by atoms with Gasteiger partial charge >= 0.3 is 6.03 Å². The van der Waals surface area contributed by atoms with Crippen LogP contribution in [-0.2, 0) is 14.3 Å². The number of nitrogens with one attached hydrogen (secondary N) is 4. The number of ether oxygens (including phenoxy) is 1. The second-order valence-corrected chi connectivity index (χ2v) is 14.7. The second kappa shape index (κ2) is 15.2. The van der Waals surface area contributed by atoms with E-state index in [9.17, 15) is 13.2 Å². The first-order chi connectivity index (χ1) is 22.1. The van der Waals surface area contributed by atoms with Crippen molar-refractivity contribution >= 4 is 27.9 Å². The molecule has 14 heteroatoms. The van der Waals surface area contributed by atoms with E-state index >= 15 is 0 Å². The molecule has 1 aliphatic carbocycles. The van der Waals surface area contributed by atoms with Crippen LogP contribution in [-0.4, -0.2) is 67.7 Å². The predicted octanol–water partition coefficient (Wildman–Crippen LogP) is 4.14. The van der Waals surface area contributed by atoms with Gasteiger partial charge in [0.05, 0.1) is 31.6 Å². The van der Waals surface area contributed by atoms with Crippen molar-refractivity contribution in [1.82, 2.24) is 20.1 Å². The number of piperidine rings is 1. The zero-order valence-corrected chi connectivity index (χ0v) is 28.7. The third-order valence-electron chi connectivity index (χ3n) is 8.31. The van der Waals surface area contributed by atoms with Crippen LogP contribution in [0.15, 0.2) is 59.4 Å². The van der Waals surface area contributed by atoms with E-state index in [0.29, 0.717) is 24.3 Å². The maximum absolute atomic E-state index is 13.2. The van der Waals surface area contributed by atoms with Gasteiger partial charge in [-0.05, 0) is 68.4 Å². The van der Waals surface area contributed by atoms with E-state index in [1.807, 2.05) is 49.9 Å². The van der Waals surface area contributed by atoms with Crippen LogP contribution in [0.4, 0.5) is 4.79 Å². The van der Waals surface area contributed by atoms with Crippen molar-refractivity contribution in [2.75, 3.05) is 26.0 Å². The van der Waals surface area contributed by atoms with Crippen molar-refractivity contribution < 1.29 is 22.1 Å². The largest absolute Gasteiger partial charge is 0.484 e. The Labute approximate surface area is 277 Å². The summed E-state index contributed by atoms with van der Waals surface area (Å²) < 4.78 is 35.5. The molecule has 1 aromatic carbocycles. The van der Waals surface area contributed by atoms with E-state index in [0.717, 1.165) is 43.2 Å². The van der Waals surface area contributed by atoms with Crippen molar-refractivity contribution in [2.45, 2.75) is 78.0 Å². The number of fused-ring (bicyclic) bond motifs is 1. The Balaban J connectivity index is 1.48. The highest BCUT2D eigenvalue weighted by atomic mass is 32.2. The SMILES string of the molecule is C[C@H]1CCCCN1C(=N)n1cc(O[C@@H]2CC[C@H](NC(=O)NC(C=C(N)C(C)(C)C)=NCCOS(C)(=O)=O)c3ccccc32)ccc1=N. The highest BCUT2D eigenvalue weighted by Gasteiger charge is 2.30. The van der Waals surface area contributed by atoms with Crippen LogP contribution >= 0.6 is 0 Å². The van der Waals surface area contributed by atoms with Gasteiger partial charge in [0.25, 0.3) is 10.1 Å². The average molecular weight is 669 g/mol. The van der Waals surface area contributed by atoms with Gasteiger partial charge in [0.15, 0.2) is 0 Å². The minimum absolute atomic E-state index is 0.000383. The Hall–Kier alpha value is -4.17. The quantitative estimate of drug-likeness (QED) is 0.121. The number of allylic oxidation sites excluding steroid dienone is 1. The van der Waals surface area contributed by atoms with Gasteiger partial charge in [0.2, 0.25) is 5.96 Å². The number of carbonyl (C=O) groups is 1. The highest BCUT2D eigenvalue weighted by Crippen LogP contribution is 2.38. The lowest BCUT2D eigenvalue weighted by molar-refractivity contribution is 0.170. The Bertz CT molecular complexity index is 1680. The summed E-state index contributed by atoms with van der Waals surface area (Å²) >= 11 is 0. The van der Waals surface area contributed by atoms with E-state index in [1.54, 1.807) is 29.0 Å². The molecule has 1 saturated heterocycles. The highest BCUT2D eigenvalue weighted by molar-refractivity contribution is 7.85. The van der Waals surface area contributed by atoms with Crippen LogP contribution < -0.4 is 26.6 Å². The number of amidine groups is 1. The van der Waals surface area contributed by atoms with Crippen LogP contribution in [0.3, 0.4) is 0 Å². The Morgan fingerprint density at radius 1 is 1.13 bits per heavy atom. The number of rotatable bonds is 8. The molecule has 47 heavy (non-hydrogen) atoms. The van der Waals surface area contributed by atoms with E-state index in [-0.39, 0.29) is 54.0 Å². The van der Waals surface area contributed by atoms with Gasteiger partial charge in [0.1, 0.15) is 23.2 Å². The molecule has 2 amide bonds. The molecule has 6 N–H and O–H groups in total.